The Morgan fingerprint density at radius 3 is 2.93 bits per heavy atom. The molecule has 1 aliphatic rings. The maximum Gasteiger partial charge on any atom is 0.0435 e. The molecule has 0 atom stereocenters. The van der Waals surface area contributed by atoms with Crippen LogP contribution in [0.5, 0.6) is 0 Å². The zero-order valence-corrected chi connectivity index (χ0v) is 9.77. The number of hydrogen-bond acceptors (Lipinski definition) is 1. The van der Waals surface area contributed by atoms with Crippen molar-refractivity contribution >= 4 is 17.7 Å². The van der Waals surface area contributed by atoms with E-state index in [9.17, 15) is 0 Å². The number of aryl methyl sites for hydroxylation is 1. The van der Waals surface area contributed by atoms with Gasteiger partial charge in [-0.1, -0.05) is 35.4 Å². The van der Waals surface area contributed by atoms with Crippen molar-refractivity contribution in [1.82, 2.24) is 5.32 Å². The number of rotatable bonds is 1. The molecular weight excluding hydrogens is 206 g/mol. The Labute approximate surface area is 96.1 Å². The molecule has 2 heteroatoms. The number of hydrogen-bond donors (Lipinski definition) is 1. The maximum atomic E-state index is 5.99. The lowest BCUT2D eigenvalue weighted by molar-refractivity contribution is 0.613. The van der Waals surface area contributed by atoms with Crippen LogP contribution >= 0.6 is 11.6 Å². The first kappa shape index (κ1) is 10.7. The highest BCUT2D eigenvalue weighted by Crippen LogP contribution is 2.19. The van der Waals surface area contributed by atoms with E-state index in [1.54, 1.807) is 0 Å². The SMILES string of the molecule is Cc1cc(/C=C2\CCCNC2)ccc1Cl. The van der Waals surface area contributed by atoms with Crippen LogP contribution in [0, 0.1) is 6.92 Å². The summed E-state index contributed by atoms with van der Waals surface area (Å²) in [7, 11) is 0. The van der Waals surface area contributed by atoms with Gasteiger partial charge >= 0.3 is 0 Å². The van der Waals surface area contributed by atoms with Gasteiger partial charge in [-0.05, 0) is 43.5 Å². The first-order valence-corrected chi connectivity index (χ1v) is 5.80. The Bertz CT molecular complexity index is 374. The van der Waals surface area contributed by atoms with E-state index in [2.05, 4.69) is 23.5 Å². The zero-order chi connectivity index (χ0) is 10.7. The van der Waals surface area contributed by atoms with Crippen LogP contribution in [0.2, 0.25) is 5.02 Å². The molecule has 2 rings (SSSR count). The molecule has 0 radical (unpaired) electrons. The van der Waals surface area contributed by atoms with E-state index in [1.165, 1.54) is 24.0 Å². The molecule has 1 saturated heterocycles. The van der Waals surface area contributed by atoms with Crippen molar-refractivity contribution in [3.63, 3.8) is 0 Å². The summed E-state index contributed by atoms with van der Waals surface area (Å²) >= 11 is 5.99. The van der Waals surface area contributed by atoms with Gasteiger partial charge in [0.25, 0.3) is 0 Å². The van der Waals surface area contributed by atoms with Gasteiger partial charge in [-0.2, -0.15) is 0 Å². The molecule has 1 aromatic rings. The van der Waals surface area contributed by atoms with E-state index >= 15 is 0 Å². The maximum absolute atomic E-state index is 5.99. The van der Waals surface area contributed by atoms with Crippen LogP contribution in [0.4, 0.5) is 0 Å². The Morgan fingerprint density at radius 1 is 1.40 bits per heavy atom. The van der Waals surface area contributed by atoms with E-state index in [1.807, 2.05) is 13.0 Å². The fraction of sp³-hybridized carbons (Fsp3) is 0.385. The summed E-state index contributed by atoms with van der Waals surface area (Å²) in [6, 6.07) is 6.19. The van der Waals surface area contributed by atoms with Crippen LogP contribution in [0.25, 0.3) is 6.08 Å². The average molecular weight is 222 g/mol. The zero-order valence-electron chi connectivity index (χ0n) is 9.02. The Hall–Kier alpha value is -0.790. The van der Waals surface area contributed by atoms with Crippen molar-refractivity contribution in [3.05, 3.63) is 39.9 Å². The second kappa shape index (κ2) is 4.82. The number of piperidine rings is 1. The quantitative estimate of drug-likeness (QED) is 0.767. The van der Waals surface area contributed by atoms with Crippen LogP contribution in [-0.2, 0) is 0 Å². The van der Waals surface area contributed by atoms with E-state index in [4.69, 9.17) is 11.6 Å². The summed E-state index contributed by atoms with van der Waals surface area (Å²) in [6.07, 6.45) is 4.74. The van der Waals surface area contributed by atoms with E-state index < -0.39 is 0 Å². The second-order valence-corrected chi connectivity index (χ2v) is 4.50. The lowest BCUT2D eigenvalue weighted by Crippen LogP contribution is -2.23. The smallest absolute Gasteiger partial charge is 0.0435 e. The van der Waals surface area contributed by atoms with Gasteiger partial charge in [-0.15, -0.1) is 0 Å². The van der Waals surface area contributed by atoms with Gasteiger partial charge in [0, 0.05) is 11.6 Å². The van der Waals surface area contributed by atoms with Gasteiger partial charge in [0.05, 0.1) is 0 Å². The van der Waals surface area contributed by atoms with Gasteiger partial charge in [0.1, 0.15) is 0 Å². The first-order chi connectivity index (χ1) is 7.25. The largest absolute Gasteiger partial charge is 0.313 e. The lowest BCUT2D eigenvalue weighted by Gasteiger charge is -2.15. The molecule has 80 valence electrons. The number of benzene rings is 1. The van der Waals surface area contributed by atoms with Gasteiger partial charge in [0.2, 0.25) is 0 Å². The Balaban J connectivity index is 2.18. The number of nitrogens with one attached hydrogen (secondary N) is 1. The summed E-state index contributed by atoms with van der Waals surface area (Å²) in [4.78, 5) is 0. The predicted octanol–water partition coefficient (Wildman–Crippen LogP) is 3.42. The highest BCUT2D eigenvalue weighted by atomic mass is 35.5. The van der Waals surface area contributed by atoms with Crippen LogP contribution in [0.15, 0.2) is 23.8 Å². The summed E-state index contributed by atoms with van der Waals surface area (Å²) in [5.41, 5.74) is 3.90. The van der Waals surface area contributed by atoms with E-state index in [0.29, 0.717) is 0 Å². The van der Waals surface area contributed by atoms with Crippen LogP contribution < -0.4 is 5.32 Å². The predicted molar refractivity (Wildman–Crippen MR) is 66.3 cm³/mol. The third kappa shape index (κ3) is 2.83. The molecule has 0 saturated carbocycles. The van der Waals surface area contributed by atoms with E-state index in [-0.39, 0.29) is 0 Å². The molecule has 0 aliphatic carbocycles. The molecule has 1 nitrogen and oxygen atoms in total. The third-order valence-electron chi connectivity index (χ3n) is 2.76. The molecular formula is C13H16ClN. The van der Waals surface area contributed by atoms with Crippen molar-refractivity contribution in [2.24, 2.45) is 0 Å². The monoisotopic (exact) mass is 221 g/mol. The summed E-state index contributed by atoms with van der Waals surface area (Å²) in [6.45, 7) is 4.22. The first-order valence-electron chi connectivity index (χ1n) is 5.42. The van der Waals surface area contributed by atoms with Gasteiger partial charge in [0.15, 0.2) is 0 Å². The molecule has 1 aliphatic heterocycles. The minimum absolute atomic E-state index is 0.846. The average Bonchev–Trinajstić information content (AvgIpc) is 2.25. The highest BCUT2D eigenvalue weighted by molar-refractivity contribution is 6.31. The van der Waals surface area contributed by atoms with E-state index in [0.717, 1.165) is 23.7 Å². The fourth-order valence-electron chi connectivity index (χ4n) is 1.89. The molecule has 0 spiro atoms. The molecule has 1 heterocycles. The fourth-order valence-corrected chi connectivity index (χ4v) is 2.01. The molecule has 0 aromatic heterocycles. The number of halogens is 1. The van der Waals surface area contributed by atoms with Crippen molar-refractivity contribution in [1.29, 1.82) is 0 Å². The van der Waals surface area contributed by atoms with Crippen molar-refractivity contribution in [2.75, 3.05) is 13.1 Å². The molecule has 0 amide bonds. The third-order valence-corrected chi connectivity index (χ3v) is 3.18. The minimum Gasteiger partial charge on any atom is -0.313 e. The normalized spacial score (nSPS) is 19.5. The summed E-state index contributed by atoms with van der Waals surface area (Å²) in [5, 5.41) is 4.23. The van der Waals surface area contributed by atoms with Crippen LogP contribution in [0.3, 0.4) is 0 Å². The van der Waals surface area contributed by atoms with Gasteiger partial charge < -0.3 is 5.32 Å². The molecule has 1 fully saturated rings. The van der Waals surface area contributed by atoms with Crippen LogP contribution in [-0.4, -0.2) is 13.1 Å². The molecule has 1 N–H and O–H groups in total. The topological polar surface area (TPSA) is 12.0 Å². The highest BCUT2D eigenvalue weighted by Gasteiger charge is 2.04. The second-order valence-electron chi connectivity index (χ2n) is 4.09. The molecule has 1 aromatic carbocycles. The molecule has 0 unspecified atom stereocenters. The summed E-state index contributed by atoms with van der Waals surface area (Å²) < 4.78 is 0. The standard InChI is InChI=1S/C13H16ClN/c1-10-7-11(4-5-13(10)14)8-12-3-2-6-15-9-12/h4-5,7-8,15H,2-3,6,9H2,1H3/b12-8+. The Morgan fingerprint density at radius 2 is 2.27 bits per heavy atom. The molecule has 15 heavy (non-hydrogen) atoms. The van der Waals surface area contributed by atoms with Crippen molar-refractivity contribution in [3.8, 4) is 0 Å². The van der Waals surface area contributed by atoms with Gasteiger partial charge in [-0.3, -0.25) is 0 Å². The van der Waals surface area contributed by atoms with Crippen molar-refractivity contribution in [2.45, 2.75) is 19.8 Å². The van der Waals surface area contributed by atoms with Gasteiger partial charge in [-0.25, -0.2) is 0 Å². The van der Waals surface area contributed by atoms with Crippen LogP contribution in [0.1, 0.15) is 24.0 Å². The lowest BCUT2D eigenvalue weighted by atomic mass is 10.0. The van der Waals surface area contributed by atoms with Crippen molar-refractivity contribution < 1.29 is 0 Å². The summed E-state index contributed by atoms with van der Waals surface area (Å²) in [5.74, 6) is 0. The Kier molecular flexibility index (Phi) is 3.45. The minimum atomic E-state index is 0.846. The molecule has 0 bridgehead atoms.